The van der Waals surface area contributed by atoms with Crippen molar-refractivity contribution in [2.75, 3.05) is 16.4 Å². The highest BCUT2D eigenvalue weighted by Gasteiger charge is 2.62. The monoisotopic (exact) mass is 814 g/mol. The molecule has 3 fully saturated rings. The number of rotatable bonds is 5. The lowest BCUT2D eigenvalue weighted by Crippen LogP contribution is -2.43. The number of aromatic hydroxyl groups is 1. The molecular formula is C34H28I2N2O6. The van der Waals surface area contributed by atoms with Crippen molar-refractivity contribution in [3.63, 3.8) is 0 Å². The van der Waals surface area contributed by atoms with Gasteiger partial charge in [0.2, 0.25) is 23.6 Å². The van der Waals surface area contributed by atoms with Gasteiger partial charge in [-0.05, 0) is 137 Å². The third-order valence-electron chi connectivity index (χ3n) is 9.46. The molecule has 0 aromatic heterocycles. The fraction of sp³-hybridized carbons (Fsp3) is 0.294. The van der Waals surface area contributed by atoms with E-state index in [1.54, 1.807) is 42.5 Å². The number of phenols is 1. The Balaban J connectivity index is 1.34. The summed E-state index contributed by atoms with van der Waals surface area (Å²) >= 11 is 4.37. The molecule has 44 heavy (non-hydrogen) atoms. The van der Waals surface area contributed by atoms with Crippen molar-refractivity contribution in [2.24, 2.45) is 29.6 Å². The summed E-state index contributed by atoms with van der Waals surface area (Å²) < 4.78 is 7.68. The summed E-state index contributed by atoms with van der Waals surface area (Å²) in [7, 11) is 0. The first kappa shape index (κ1) is 29.5. The van der Waals surface area contributed by atoms with Crippen molar-refractivity contribution in [1.29, 1.82) is 0 Å². The fourth-order valence-electron chi connectivity index (χ4n) is 7.65. The third kappa shape index (κ3) is 4.58. The molecule has 1 N–H and O–H groups in total. The average Bonchev–Trinajstić information content (AvgIpc) is 3.42. The van der Waals surface area contributed by atoms with E-state index in [0.717, 1.165) is 18.3 Å². The Hall–Kier alpha value is -3.26. The van der Waals surface area contributed by atoms with Gasteiger partial charge in [-0.3, -0.25) is 29.0 Å². The Labute approximate surface area is 281 Å². The Morgan fingerprint density at radius 3 is 1.91 bits per heavy atom. The van der Waals surface area contributed by atoms with Crippen LogP contribution in [-0.4, -0.2) is 35.3 Å². The maximum absolute atomic E-state index is 14.2. The van der Waals surface area contributed by atoms with E-state index < -0.39 is 35.5 Å². The normalized spacial score (nSPS) is 27.7. The highest BCUT2D eigenvalue weighted by Crippen LogP contribution is 2.58. The van der Waals surface area contributed by atoms with E-state index in [1.165, 1.54) is 9.80 Å². The van der Waals surface area contributed by atoms with Crippen LogP contribution in [0.2, 0.25) is 0 Å². The molecule has 4 amide bonds. The van der Waals surface area contributed by atoms with Crippen LogP contribution in [0.25, 0.3) is 0 Å². The standard InChI is InChI=1S/C34H28I2N2O6/c1-2-44-27-15-17(3-14-26(27)39)28-22-12-13-23-29(33(42)37(31(23)40)20-8-4-18(35)5-9-20)24(22)16-25-30(28)34(43)38(32(25)41)21-10-6-19(36)7-11-21/h3-12,14-15,23-25,28-30,39H,2,13,16H2,1H3/t23-,24+,25+,28-,29-,30+/m0/s1. The van der Waals surface area contributed by atoms with Crippen molar-refractivity contribution in [2.45, 2.75) is 25.7 Å². The third-order valence-corrected chi connectivity index (χ3v) is 10.9. The number of carbonyl (C=O) groups is 4. The molecule has 4 aliphatic rings. The Morgan fingerprint density at radius 2 is 1.32 bits per heavy atom. The molecular weight excluding hydrogens is 786 g/mol. The Morgan fingerprint density at radius 1 is 0.750 bits per heavy atom. The second-order valence-electron chi connectivity index (χ2n) is 11.7. The number of hydrogen-bond acceptors (Lipinski definition) is 6. The summed E-state index contributed by atoms with van der Waals surface area (Å²) in [6, 6.07) is 19.6. The lowest BCUT2D eigenvalue weighted by molar-refractivity contribution is -0.126. The number of allylic oxidation sites excluding steroid dienone is 2. The number of carbonyl (C=O) groups excluding carboxylic acids is 4. The van der Waals surface area contributed by atoms with Gasteiger partial charge >= 0.3 is 0 Å². The summed E-state index contributed by atoms with van der Waals surface area (Å²) in [5.74, 6) is -4.26. The van der Waals surface area contributed by atoms with Gasteiger partial charge in [0.1, 0.15) is 0 Å². The first-order valence-corrected chi connectivity index (χ1v) is 16.8. The molecule has 2 aliphatic heterocycles. The molecule has 0 spiro atoms. The number of anilines is 2. The number of imide groups is 2. The smallest absolute Gasteiger partial charge is 0.238 e. The summed E-state index contributed by atoms with van der Waals surface area (Å²) in [6.45, 7) is 2.16. The minimum absolute atomic E-state index is 0.0173. The summed E-state index contributed by atoms with van der Waals surface area (Å²) in [5, 5.41) is 10.5. The van der Waals surface area contributed by atoms with E-state index in [1.807, 2.05) is 37.3 Å². The van der Waals surface area contributed by atoms with Gasteiger partial charge in [-0.15, -0.1) is 0 Å². The zero-order chi connectivity index (χ0) is 30.9. The molecule has 224 valence electrons. The van der Waals surface area contributed by atoms with E-state index in [0.29, 0.717) is 36.6 Å². The van der Waals surface area contributed by atoms with E-state index in [-0.39, 0.29) is 29.4 Å². The number of halogens is 2. The second-order valence-corrected chi connectivity index (χ2v) is 14.2. The zero-order valence-electron chi connectivity index (χ0n) is 23.7. The number of nitrogens with zero attached hydrogens (tertiary/aromatic N) is 2. The largest absolute Gasteiger partial charge is 0.504 e. The number of amides is 4. The molecule has 10 heteroatoms. The Bertz CT molecular complexity index is 1740. The second kappa shape index (κ2) is 11.3. The molecule has 3 aromatic rings. The van der Waals surface area contributed by atoms with Crippen LogP contribution in [0.5, 0.6) is 11.5 Å². The maximum Gasteiger partial charge on any atom is 0.238 e. The van der Waals surface area contributed by atoms with Crippen LogP contribution in [0.1, 0.15) is 31.2 Å². The van der Waals surface area contributed by atoms with Crippen molar-refractivity contribution >= 4 is 80.2 Å². The highest BCUT2D eigenvalue weighted by atomic mass is 127. The van der Waals surface area contributed by atoms with Crippen LogP contribution >= 0.6 is 45.2 Å². The molecule has 0 radical (unpaired) electrons. The molecule has 2 saturated heterocycles. The van der Waals surface area contributed by atoms with Crippen LogP contribution in [-0.2, 0) is 19.2 Å². The van der Waals surface area contributed by atoms with Gasteiger partial charge in [0.05, 0.1) is 41.7 Å². The number of fused-ring (bicyclic) bond motifs is 4. The van der Waals surface area contributed by atoms with E-state index >= 15 is 0 Å². The van der Waals surface area contributed by atoms with Gasteiger partial charge in [0, 0.05) is 13.1 Å². The number of phenolic OH excluding ortho intramolecular Hbond substituents is 1. The van der Waals surface area contributed by atoms with Gasteiger partial charge in [0.15, 0.2) is 11.5 Å². The first-order chi connectivity index (χ1) is 21.2. The van der Waals surface area contributed by atoms with Crippen molar-refractivity contribution in [1.82, 2.24) is 0 Å². The van der Waals surface area contributed by atoms with E-state index in [4.69, 9.17) is 4.74 Å². The zero-order valence-corrected chi connectivity index (χ0v) is 28.0. The van der Waals surface area contributed by atoms with Crippen LogP contribution in [0.4, 0.5) is 11.4 Å². The van der Waals surface area contributed by atoms with Crippen molar-refractivity contribution in [3.05, 3.63) is 91.1 Å². The first-order valence-electron chi connectivity index (χ1n) is 14.6. The van der Waals surface area contributed by atoms with Gasteiger partial charge in [-0.2, -0.15) is 0 Å². The molecule has 8 nitrogen and oxygen atoms in total. The number of hydrogen-bond donors (Lipinski definition) is 1. The minimum atomic E-state index is -0.695. The minimum Gasteiger partial charge on any atom is -0.504 e. The van der Waals surface area contributed by atoms with Gasteiger partial charge < -0.3 is 9.84 Å². The van der Waals surface area contributed by atoms with Crippen LogP contribution < -0.4 is 14.5 Å². The molecule has 3 aromatic carbocycles. The van der Waals surface area contributed by atoms with Crippen LogP contribution in [0, 0.1) is 36.7 Å². The molecule has 2 aliphatic carbocycles. The lowest BCUT2D eigenvalue weighted by Gasteiger charge is -2.44. The topological polar surface area (TPSA) is 104 Å². The average molecular weight is 814 g/mol. The summed E-state index contributed by atoms with van der Waals surface area (Å²) in [4.78, 5) is 58.8. The lowest BCUT2D eigenvalue weighted by atomic mass is 9.57. The summed E-state index contributed by atoms with van der Waals surface area (Å²) in [6.07, 6.45) is 2.69. The molecule has 0 bridgehead atoms. The van der Waals surface area contributed by atoms with Gasteiger partial charge in [-0.1, -0.05) is 17.7 Å². The van der Waals surface area contributed by atoms with E-state index in [2.05, 4.69) is 45.2 Å². The molecule has 2 heterocycles. The van der Waals surface area contributed by atoms with Crippen LogP contribution in [0.3, 0.4) is 0 Å². The SMILES string of the molecule is CCOc1cc([C@H]2C3=CC[C@@H]4C(=O)N(c5ccc(I)cc5)C(=O)[C@@H]4[C@@H]3C[C@H]3C(=O)N(c4ccc(I)cc4)C(=O)[C@@H]23)ccc1O. The van der Waals surface area contributed by atoms with E-state index in [9.17, 15) is 24.3 Å². The van der Waals surface area contributed by atoms with Gasteiger partial charge in [-0.25, -0.2) is 0 Å². The molecule has 6 atom stereocenters. The Kier molecular flexibility index (Phi) is 7.54. The number of benzene rings is 3. The van der Waals surface area contributed by atoms with Crippen molar-refractivity contribution in [3.8, 4) is 11.5 Å². The molecule has 0 unspecified atom stereocenters. The van der Waals surface area contributed by atoms with Crippen LogP contribution in [0.15, 0.2) is 78.4 Å². The maximum atomic E-state index is 14.2. The highest BCUT2D eigenvalue weighted by molar-refractivity contribution is 14.1. The van der Waals surface area contributed by atoms with Gasteiger partial charge in [0.25, 0.3) is 0 Å². The molecule has 7 rings (SSSR count). The quantitative estimate of drug-likeness (QED) is 0.192. The van der Waals surface area contributed by atoms with Crippen molar-refractivity contribution < 1.29 is 29.0 Å². The predicted molar refractivity (Wildman–Crippen MR) is 180 cm³/mol. The summed E-state index contributed by atoms with van der Waals surface area (Å²) in [5.41, 5.74) is 2.68. The number of ether oxygens (including phenoxy) is 1. The molecule has 1 saturated carbocycles. The fourth-order valence-corrected chi connectivity index (χ4v) is 8.37. The predicted octanol–water partition coefficient (Wildman–Crippen LogP) is 6.05.